The molecule has 0 amide bonds. The number of halogens is 1. The van der Waals surface area contributed by atoms with Crippen molar-refractivity contribution < 1.29 is 0 Å². The Labute approximate surface area is 140 Å². The lowest BCUT2D eigenvalue weighted by molar-refractivity contribution is 0.798. The zero-order valence-corrected chi connectivity index (χ0v) is 14.3. The Balaban J connectivity index is 2.01. The van der Waals surface area contributed by atoms with E-state index in [1.54, 1.807) is 0 Å². The molecule has 2 N–H and O–H groups in total. The average molecular weight is 330 g/mol. The number of aromatic nitrogens is 4. The van der Waals surface area contributed by atoms with Crippen molar-refractivity contribution in [3.63, 3.8) is 0 Å². The van der Waals surface area contributed by atoms with Crippen molar-refractivity contribution in [2.24, 2.45) is 0 Å². The molecule has 0 unspecified atom stereocenters. The maximum absolute atomic E-state index is 5.94. The molecule has 0 fully saturated rings. The van der Waals surface area contributed by atoms with Crippen LogP contribution >= 0.6 is 11.6 Å². The fourth-order valence-corrected chi connectivity index (χ4v) is 2.52. The molecule has 0 atom stereocenters. The molecule has 0 aliphatic carbocycles. The first-order valence-corrected chi connectivity index (χ1v) is 8.19. The number of rotatable bonds is 5. The average Bonchev–Trinajstić information content (AvgIpc) is 2.94. The van der Waals surface area contributed by atoms with Crippen LogP contribution < -0.4 is 5.32 Å². The van der Waals surface area contributed by atoms with Crippen LogP contribution in [0.3, 0.4) is 0 Å². The van der Waals surface area contributed by atoms with E-state index in [4.69, 9.17) is 11.6 Å². The fraction of sp³-hybridized carbons (Fsp3) is 0.353. The van der Waals surface area contributed by atoms with Crippen molar-refractivity contribution in [2.75, 3.05) is 11.9 Å². The SMILES string of the molecule is CCNc1nc(Cc2ccc(Cl)cc2)nc2nc(C(C)C)[nH]c12. The molecule has 0 aliphatic rings. The molecular weight excluding hydrogens is 310 g/mol. The summed E-state index contributed by atoms with van der Waals surface area (Å²) < 4.78 is 0. The van der Waals surface area contributed by atoms with Gasteiger partial charge in [0.05, 0.1) is 0 Å². The van der Waals surface area contributed by atoms with Crippen molar-refractivity contribution in [3.05, 3.63) is 46.5 Å². The Bertz CT molecular complexity index is 808. The Morgan fingerprint density at radius 3 is 2.52 bits per heavy atom. The van der Waals surface area contributed by atoms with Crippen LogP contribution in [0.15, 0.2) is 24.3 Å². The lowest BCUT2D eigenvalue weighted by Crippen LogP contribution is -2.05. The lowest BCUT2D eigenvalue weighted by atomic mass is 10.1. The summed E-state index contributed by atoms with van der Waals surface area (Å²) in [6, 6.07) is 7.75. The van der Waals surface area contributed by atoms with Crippen molar-refractivity contribution in [3.8, 4) is 0 Å². The summed E-state index contributed by atoms with van der Waals surface area (Å²) in [5, 5.41) is 4.02. The van der Waals surface area contributed by atoms with Gasteiger partial charge in [-0.15, -0.1) is 0 Å². The van der Waals surface area contributed by atoms with Crippen LogP contribution in [0.1, 0.15) is 43.9 Å². The van der Waals surface area contributed by atoms with Gasteiger partial charge in [0.2, 0.25) is 0 Å². The van der Waals surface area contributed by atoms with E-state index < -0.39 is 0 Å². The Morgan fingerprint density at radius 2 is 1.87 bits per heavy atom. The second kappa shape index (κ2) is 6.54. The van der Waals surface area contributed by atoms with Crippen LogP contribution in [-0.4, -0.2) is 26.5 Å². The summed E-state index contributed by atoms with van der Waals surface area (Å²) in [5.74, 6) is 2.80. The van der Waals surface area contributed by atoms with Gasteiger partial charge in [-0.05, 0) is 24.6 Å². The second-order valence-corrected chi connectivity index (χ2v) is 6.23. The quantitative estimate of drug-likeness (QED) is 0.738. The number of H-pyrrole nitrogens is 1. The van der Waals surface area contributed by atoms with Crippen LogP contribution in [-0.2, 0) is 6.42 Å². The third-order valence-corrected chi connectivity index (χ3v) is 3.83. The van der Waals surface area contributed by atoms with Gasteiger partial charge in [0.1, 0.15) is 17.2 Å². The van der Waals surface area contributed by atoms with Gasteiger partial charge in [0, 0.05) is 23.9 Å². The number of hydrogen-bond acceptors (Lipinski definition) is 4. The van der Waals surface area contributed by atoms with Gasteiger partial charge in [0.15, 0.2) is 11.5 Å². The van der Waals surface area contributed by atoms with Crippen molar-refractivity contribution in [1.29, 1.82) is 0 Å². The van der Waals surface area contributed by atoms with E-state index in [1.807, 2.05) is 31.2 Å². The van der Waals surface area contributed by atoms with Gasteiger partial charge in [-0.3, -0.25) is 0 Å². The molecule has 0 radical (unpaired) electrons. The molecule has 2 heterocycles. The highest BCUT2D eigenvalue weighted by Crippen LogP contribution is 2.22. The smallest absolute Gasteiger partial charge is 0.183 e. The van der Waals surface area contributed by atoms with Crippen LogP contribution in [0.2, 0.25) is 5.02 Å². The van der Waals surface area contributed by atoms with Gasteiger partial charge >= 0.3 is 0 Å². The highest BCUT2D eigenvalue weighted by molar-refractivity contribution is 6.30. The standard InChI is InChI=1S/C17H20ClN5/c1-4-19-16-14-17(23-15(22-14)10(2)3)21-13(20-16)9-11-5-7-12(18)8-6-11/h5-8,10H,4,9H2,1-3H3,(H2,19,20,21,22,23). The topological polar surface area (TPSA) is 66.5 Å². The maximum Gasteiger partial charge on any atom is 0.183 e. The molecule has 6 heteroatoms. The number of benzene rings is 1. The molecule has 5 nitrogen and oxygen atoms in total. The molecule has 1 aromatic carbocycles. The first kappa shape index (κ1) is 15.7. The largest absolute Gasteiger partial charge is 0.368 e. The number of anilines is 1. The number of fused-ring (bicyclic) bond motifs is 1. The van der Waals surface area contributed by atoms with Crippen LogP contribution in [0, 0.1) is 0 Å². The Hall–Kier alpha value is -2.14. The van der Waals surface area contributed by atoms with Crippen LogP contribution in [0.5, 0.6) is 0 Å². The summed E-state index contributed by atoms with van der Waals surface area (Å²) in [4.78, 5) is 17.2. The fourth-order valence-electron chi connectivity index (χ4n) is 2.39. The molecule has 23 heavy (non-hydrogen) atoms. The van der Waals surface area contributed by atoms with Gasteiger partial charge in [-0.25, -0.2) is 15.0 Å². The summed E-state index contributed by atoms with van der Waals surface area (Å²) in [6.07, 6.45) is 0.648. The normalized spacial score (nSPS) is 11.3. The van der Waals surface area contributed by atoms with Gasteiger partial charge in [-0.2, -0.15) is 0 Å². The van der Waals surface area contributed by atoms with Crippen LogP contribution in [0.4, 0.5) is 5.82 Å². The molecule has 0 saturated carbocycles. The predicted octanol–water partition coefficient (Wildman–Crippen LogP) is 4.15. The second-order valence-electron chi connectivity index (χ2n) is 5.80. The maximum atomic E-state index is 5.94. The molecular formula is C17H20ClN5. The first-order valence-electron chi connectivity index (χ1n) is 7.81. The molecule has 2 aromatic heterocycles. The number of hydrogen-bond donors (Lipinski definition) is 2. The Kier molecular flexibility index (Phi) is 4.48. The minimum absolute atomic E-state index is 0.318. The highest BCUT2D eigenvalue weighted by Gasteiger charge is 2.14. The molecule has 120 valence electrons. The van der Waals surface area contributed by atoms with E-state index in [0.29, 0.717) is 18.0 Å². The van der Waals surface area contributed by atoms with Gasteiger partial charge < -0.3 is 10.3 Å². The van der Waals surface area contributed by atoms with E-state index in [2.05, 4.69) is 39.1 Å². The summed E-state index contributed by atoms with van der Waals surface area (Å²) in [7, 11) is 0. The molecule has 0 bridgehead atoms. The molecule has 0 spiro atoms. The zero-order chi connectivity index (χ0) is 16.4. The van der Waals surface area contributed by atoms with Crippen LogP contribution in [0.25, 0.3) is 11.2 Å². The van der Waals surface area contributed by atoms with E-state index in [-0.39, 0.29) is 0 Å². The summed E-state index contributed by atoms with van der Waals surface area (Å²) in [5.41, 5.74) is 2.70. The van der Waals surface area contributed by atoms with Crippen molar-refractivity contribution >= 4 is 28.6 Å². The van der Waals surface area contributed by atoms with Crippen molar-refractivity contribution in [1.82, 2.24) is 19.9 Å². The third kappa shape index (κ3) is 3.45. The summed E-state index contributed by atoms with van der Waals surface area (Å²) >= 11 is 5.94. The van der Waals surface area contributed by atoms with E-state index >= 15 is 0 Å². The van der Waals surface area contributed by atoms with E-state index in [1.165, 1.54) is 0 Å². The monoisotopic (exact) mass is 329 g/mol. The molecule has 0 aliphatic heterocycles. The third-order valence-electron chi connectivity index (χ3n) is 3.58. The molecule has 3 rings (SSSR count). The minimum atomic E-state index is 0.318. The molecule has 3 aromatic rings. The number of imidazole rings is 1. The predicted molar refractivity (Wildman–Crippen MR) is 94.2 cm³/mol. The van der Waals surface area contributed by atoms with Crippen molar-refractivity contribution in [2.45, 2.75) is 33.1 Å². The first-order chi connectivity index (χ1) is 11.1. The van der Waals surface area contributed by atoms with Gasteiger partial charge in [0.25, 0.3) is 0 Å². The van der Waals surface area contributed by atoms with E-state index in [9.17, 15) is 0 Å². The lowest BCUT2D eigenvalue weighted by Gasteiger charge is -2.06. The zero-order valence-electron chi connectivity index (χ0n) is 13.5. The number of aromatic amines is 1. The Morgan fingerprint density at radius 1 is 1.13 bits per heavy atom. The molecule has 0 saturated heterocycles. The van der Waals surface area contributed by atoms with Gasteiger partial charge in [-0.1, -0.05) is 37.6 Å². The number of nitrogens with one attached hydrogen (secondary N) is 2. The minimum Gasteiger partial charge on any atom is -0.368 e. The van der Waals surface area contributed by atoms with E-state index in [0.717, 1.165) is 40.1 Å². The number of nitrogens with zero attached hydrogens (tertiary/aromatic N) is 3. The highest BCUT2D eigenvalue weighted by atomic mass is 35.5. The summed E-state index contributed by atoms with van der Waals surface area (Å²) in [6.45, 7) is 7.05.